The van der Waals surface area contributed by atoms with E-state index in [1.165, 1.54) is 22.0 Å². The maximum atomic E-state index is 12.4. The zero-order valence-electron chi connectivity index (χ0n) is 15.3. The summed E-state index contributed by atoms with van der Waals surface area (Å²) in [7, 11) is -3.49. The van der Waals surface area contributed by atoms with Crippen LogP contribution in [0.4, 0.5) is 0 Å². The molecule has 2 aromatic rings. The van der Waals surface area contributed by atoms with E-state index in [0.717, 1.165) is 12.8 Å². The highest BCUT2D eigenvalue weighted by Gasteiger charge is 2.21. The first-order valence-electron chi connectivity index (χ1n) is 8.91. The number of carbonyl (C=O) groups is 1. The first kappa shape index (κ1) is 20.1. The third-order valence-corrected chi connectivity index (χ3v) is 6.29. The summed E-state index contributed by atoms with van der Waals surface area (Å²) >= 11 is 0. The fraction of sp³-hybridized carbons (Fsp3) is 0.350. The highest BCUT2D eigenvalue weighted by atomic mass is 32.2. The molecule has 140 valence electrons. The third kappa shape index (κ3) is 5.16. The molecule has 0 saturated heterocycles. The van der Waals surface area contributed by atoms with Crippen molar-refractivity contribution in [3.05, 3.63) is 65.7 Å². The lowest BCUT2D eigenvalue weighted by Crippen LogP contribution is -2.30. The van der Waals surface area contributed by atoms with Crippen molar-refractivity contribution in [1.82, 2.24) is 9.62 Å². The predicted octanol–water partition coefficient (Wildman–Crippen LogP) is 3.08. The van der Waals surface area contributed by atoms with Crippen LogP contribution < -0.4 is 5.32 Å². The van der Waals surface area contributed by atoms with E-state index in [1.54, 1.807) is 26.0 Å². The molecular weight excluding hydrogens is 348 g/mol. The second-order valence-corrected chi connectivity index (χ2v) is 7.90. The van der Waals surface area contributed by atoms with Crippen LogP contribution in [0.15, 0.2) is 59.5 Å². The van der Waals surface area contributed by atoms with E-state index >= 15 is 0 Å². The van der Waals surface area contributed by atoms with Crippen LogP contribution in [-0.2, 0) is 16.4 Å². The zero-order valence-corrected chi connectivity index (χ0v) is 16.1. The highest BCUT2D eigenvalue weighted by molar-refractivity contribution is 7.89. The van der Waals surface area contributed by atoms with Gasteiger partial charge in [-0.15, -0.1) is 0 Å². The van der Waals surface area contributed by atoms with Gasteiger partial charge in [0.1, 0.15) is 0 Å². The Morgan fingerprint density at radius 1 is 0.962 bits per heavy atom. The number of hydrogen-bond donors (Lipinski definition) is 1. The van der Waals surface area contributed by atoms with E-state index in [2.05, 4.69) is 17.4 Å². The molecule has 0 heterocycles. The first-order valence-corrected chi connectivity index (χ1v) is 10.4. The van der Waals surface area contributed by atoms with Crippen LogP contribution >= 0.6 is 0 Å². The van der Waals surface area contributed by atoms with Crippen LogP contribution in [0.3, 0.4) is 0 Å². The van der Waals surface area contributed by atoms with Crippen molar-refractivity contribution < 1.29 is 13.2 Å². The van der Waals surface area contributed by atoms with Crippen molar-refractivity contribution in [3.8, 4) is 0 Å². The molecule has 0 aliphatic carbocycles. The van der Waals surface area contributed by atoms with Gasteiger partial charge in [-0.3, -0.25) is 4.79 Å². The molecule has 0 spiro atoms. The summed E-state index contributed by atoms with van der Waals surface area (Å²) in [5.41, 5.74) is 1.70. The Hall–Kier alpha value is -2.18. The monoisotopic (exact) mass is 374 g/mol. The van der Waals surface area contributed by atoms with Crippen molar-refractivity contribution in [2.24, 2.45) is 0 Å². The van der Waals surface area contributed by atoms with Crippen LogP contribution in [0.1, 0.15) is 36.2 Å². The van der Waals surface area contributed by atoms with Gasteiger partial charge in [-0.2, -0.15) is 4.31 Å². The van der Waals surface area contributed by atoms with Crippen molar-refractivity contribution in [2.75, 3.05) is 19.6 Å². The summed E-state index contributed by atoms with van der Waals surface area (Å²) < 4.78 is 26.3. The second kappa shape index (κ2) is 9.50. The summed E-state index contributed by atoms with van der Waals surface area (Å²) in [6, 6.07) is 16.2. The lowest BCUT2D eigenvalue weighted by molar-refractivity contribution is 0.0953. The molecule has 0 fully saturated rings. The summed E-state index contributed by atoms with van der Waals surface area (Å²) in [5.74, 6) is -0.190. The fourth-order valence-corrected chi connectivity index (χ4v) is 4.19. The lowest BCUT2D eigenvalue weighted by atomic mass is 10.1. The largest absolute Gasteiger partial charge is 0.352 e. The fourth-order valence-electron chi connectivity index (χ4n) is 2.73. The average Bonchev–Trinajstić information content (AvgIpc) is 2.67. The Balaban J connectivity index is 1.90. The SMILES string of the molecule is CCN(CC)S(=O)(=O)c1ccc(C(=O)NCCCc2ccccc2)cc1. The second-order valence-electron chi connectivity index (χ2n) is 5.96. The summed E-state index contributed by atoms with van der Waals surface area (Å²) in [4.78, 5) is 12.4. The summed E-state index contributed by atoms with van der Waals surface area (Å²) in [5, 5.41) is 2.87. The molecule has 0 aromatic heterocycles. The predicted molar refractivity (Wildman–Crippen MR) is 104 cm³/mol. The maximum absolute atomic E-state index is 12.4. The van der Waals surface area contributed by atoms with Gasteiger partial charge in [-0.1, -0.05) is 44.2 Å². The number of nitrogens with zero attached hydrogens (tertiary/aromatic N) is 1. The van der Waals surface area contributed by atoms with Gasteiger partial charge in [-0.25, -0.2) is 8.42 Å². The van der Waals surface area contributed by atoms with Crippen molar-refractivity contribution in [3.63, 3.8) is 0 Å². The standard InChI is InChI=1S/C20H26N2O3S/c1-3-22(4-2)26(24,25)19-14-12-18(13-15-19)20(23)21-16-8-11-17-9-6-5-7-10-17/h5-7,9-10,12-15H,3-4,8,11,16H2,1-2H3,(H,21,23). The van der Waals surface area contributed by atoms with Crippen LogP contribution in [0.5, 0.6) is 0 Å². The molecule has 2 aromatic carbocycles. The zero-order chi connectivity index (χ0) is 19.0. The Labute approximate surface area is 156 Å². The van der Waals surface area contributed by atoms with Crippen LogP contribution in [0.2, 0.25) is 0 Å². The van der Waals surface area contributed by atoms with Gasteiger partial charge >= 0.3 is 0 Å². The van der Waals surface area contributed by atoms with E-state index in [9.17, 15) is 13.2 Å². The van der Waals surface area contributed by atoms with Gasteiger partial charge in [0.05, 0.1) is 4.90 Å². The number of nitrogens with one attached hydrogen (secondary N) is 1. The highest BCUT2D eigenvalue weighted by Crippen LogP contribution is 2.16. The van der Waals surface area contributed by atoms with Gasteiger partial charge < -0.3 is 5.32 Å². The Morgan fingerprint density at radius 3 is 2.15 bits per heavy atom. The number of aryl methyl sites for hydroxylation is 1. The number of benzene rings is 2. The lowest BCUT2D eigenvalue weighted by Gasteiger charge is -2.18. The normalized spacial score (nSPS) is 11.5. The Bertz CT molecular complexity index is 799. The smallest absolute Gasteiger partial charge is 0.251 e. The number of hydrogen-bond acceptors (Lipinski definition) is 3. The van der Waals surface area contributed by atoms with Crippen LogP contribution in [-0.4, -0.2) is 38.3 Å². The van der Waals surface area contributed by atoms with E-state index < -0.39 is 10.0 Å². The number of carbonyl (C=O) groups excluding carboxylic acids is 1. The van der Waals surface area contributed by atoms with E-state index in [1.807, 2.05) is 18.2 Å². The molecule has 2 rings (SSSR count). The molecule has 0 unspecified atom stereocenters. The van der Waals surface area contributed by atoms with Gasteiger partial charge in [0, 0.05) is 25.2 Å². The minimum absolute atomic E-state index is 0.190. The number of rotatable bonds is 9. The Morgan fingerprint density at radius 2 is 1.58 bits per heavy atom. The molecule has 6 heteroatoms. The van der Waals surface area contributed by atoms with Gasteiger partial charge in [0.15, 0.2) is 0 Å². The summed E-state index contributed by atoms with van der Waals surface area (Å²) in [6.07, 6.45) is 1.76. The van der Waals surface area contributed by atoms with E-state index in [0.29, 0.717) is 25.2 Å². The number of amides is 1. The molecule has 0 radical (unpaired) electrons. The van der Waals surface area contributed by atoms with Crippen molar-refractivity contribution >= 4 is 15.9 Å². The Kier molecular flexibility index (Phi) is 7.36. The molecular formula is C20H26N2O3S. The van der Waals surface area contributed by atoms with E-state index in [-0.39, 0.29) is 10.8 Å². The van der Waals surface area contributed by atoms with Crippen molar-refractivity contribution in [1.29, 1.82) is 0 Å². The van der Waals surface area contributed by atoms with Gasteiger partial charge in [0.2, 0.25) is 10.0 Å². The van der Waals surface area contributed by atoms with Gasteiger partial charge in [0.25, 0.3) is 5.91 Å². The molecule has 5 nitrogen and oxygen atoms in total. The first-order chi connectivity index (χ1) is 12.5. The van der Waals surface area contributed by atoms with Gasteiger partial charge in [-0.05, 0) is 42.7 Å². The number of sulfonamides is 1. The third-order valence-electron chi connectivity index (χ3n) is 4.23. The molecule has 0 aliphatic heterocycles. The van der Waals surface area contributed by atoms with Crippen molar-refractivity contribution in [2.45, 2.75) is 31.6 Å². The topological polar surface area (TPSA) is 66.5 Å². The molecule has 0 bridgehead atoms. The molecule has 1 amide bonds. The molecule has 0 atom stereocenters. The molecule has 0 saturated carbocycles. The molecule has 26 heavy (non-hydrogen) atoms. The molecule has 1 N–H and O–H groups in total. The minimum atomic E-state index is -3.49. The van der Waals surface area contributed by atoms with Crippen LogP contribution in [0, 0.1) is 0 Å². The van der Waals surface area contributed by atoms with Crippen LogP contribution in [0.25, 0.3) is 0 Å². The average molecular weight is 375 g/mol. The quantitative estimate of drug-likeness (QED) is 0.686. The molecule has 0 aliphatic rings. The maximum Gasteiger partial charge on any atom is 0.251 e. The van der Waals surface area contributed by atoms with E-state index in [4.69, 9.17) is 0 Å². The summed E-state index contributed by atoms with van der Waals surface area (Å²) in [6.45, 7) is 5.02. The minimum Gasteiger partial charge on any atom is -0.352 e.